The molecule has 0 spiro atoms. The highest BCUT2D eigenvalue weighted by Gasteiger charge is 2.42. The van der Waals surface area contributed by atoms with E-state index >= 15 is 0 Å². The molecule has 0 fully saturated rings. The average Bonchev–Trinajstić information content (AvgIpc) is 3.07. The highest BCUT2D eigenvalue weighted by molar-refractivity contribution is 5.84. The van der Waals surface area contributed by atoms with Gasteiger partial charge >= 0.3 is 11.8 Å². The average molecular weight is 676 g/mol. The lowest BCUT2D eigenvalue weighted by molar-refractivity contribution is -0.781. The van der Waals surface area contributed by atoms with Gasteiger partial charge in [-0.3, -0.25) is 0 Å². The van der Waals surface area contributed by atoms with Crippen molar-refractivity contribution < 1.29 is 19.2 Å². The number of amides is 2. The summed E-state index contributed by atoms with van der Waals surface area (Å²) in [6, 6.07) is 0. The Kier molecular flexibility index (Phi) is 34.6. The molecule has 0 saturated carbocycles. The van der Waals surface area contributed by atoms with E-state index in [-0.39, 0.29) is 29.4 Å². The number of allylic oxidation sites excluding steroid dienone is 4. The monoisotopic (exact) mass is 676 g/mol. The lowest BCUT2D eigenvalue weighted by atomic mass is 10.0. The minimum absolute atomic E-state index is 0.0261. The van der Waals surface area contributed by atoms with Gasteiger partial charge in [0.2, 0.25) is 0 Å². The van der Waals surface area contributed by atoms with Crippen LogP contribution in [0.4, 0.5) is 0 Å². The Labute approximate surface area is 300 Å². The minimum atomic E-state index is -0.156. The third-order valence-electron chi connectivity index (χ3n) is 9.89. The van der Waals surface area contributed by atoms with E-state index in [1.165, 1.54) is 116 Å². The zero-order valence-corrected chi connectivity index (χ0v) is 32.8. The first kappa shape index (κ1) is 46.7. The highest BCUT2D eigenvalue weighted by atomic mass is 16.3. The molecule has 0 unspecified atom stereocenters. The number of aliphatic hydroxyl groups excluding tert-OH is 1. The summed E-state index contributed by atoms with van der Waals surface area (Å²) in [7, 11) is 4.06. The molecule has 2 amide bonds. The maximum atomic E-state index is 13.7. The topological polar surface area (TPSA) is 57.6 Å². The van der Waals surface area contributed by atoms with E-state index in [1.54, 1.807) is 0 Å². The first-order valence-corrected chi connectivity index (χ1v) is 20.9. The van der Waals surface area contributed by atoms with Crippen LogP contribution in [-0.4, -0.2) is 66.6 Å². The van der Waals surface area contributed by atoms with Crippen LogP contribution in [0.3, 0.4) is 0 Å². The summed E-state index contributed by atoms with van der Waals surface area (Å²) >= 11 is 0. The van der Waals surface area contributed by atoms with Gasteiger partial charge in [-0.05, 0) is 78.3 Å². The van der Waals surface area contributed by atoms with Gasteiger partial charge in [-0.1, -0.05) is 141 Å². The van der Waals surface area contributed by atoms with Crippen LogP contribution >= 0.6 is 0 Å². The lowest BCUT2D eigenvalue weighted by Crippen LogP contribution is -2.59. The van der Waals surface area contributed by atoms with Crippen molar-refractivity contribution in [3.8, 4) is 0 Å². The molecule has 0 aromatic rings. The molecule has 0 aromatic heterocycles. The van der Waals surface area contributed by atoms with Gasteiger partial charge in [0.25, 0.3) is 0 Å². The van der Waals surface area contributed by atoms with Crippen molar-refractivity contribution in [2.24, 2.45) is 0 Å². The second kappa shape index (κ2) is 35.5. The molecule has 5 heteroatoms. The largest absolute Gasteiger partial charge is 0.390 e. The molecule has 0 aromatic carbocycles. The van der Waals surface area contributed by atoms with E-state index in [2.05, 4.69) is 43.1 Å². The van der Waals surface area contributed by atoms with Crippen LogP contribution in [0.5, 0.6) is 0 Å². The molecule has 0 rings (SSSR count). The Hall–Kier alpha value is -1.30. The van der Waals surface area contributed by atoms with Crippen LogP contribution in [0.25, 0.3) is 0 Å². The van der Waals surface area contributed by atoms with Gasteiger partial charge in [-0.15, -0.1) is 0 Å². The number of nitrogens with zero attached hydrogens (tertiary/aromatic N) is 2. The molecule has 282 valence electrons. The van der Waals surface area contributed by atoms with Crippen molar-refractivity contribution in [3.05, 3.63) is 24.3 Å². The summed E-state index contributed by atoms with van der Waals surface area (Å²) in [5, 5.41) is 9.97. The van der Waals surface area contributed by atoms with Crippen LogP contribution in [0.2, 0.25) is 0 Å². The van der Waals surface area contributed by atoms with Gasteiger partial charge in [0.1, 0.15) is 6.54 Å². The molecule has 0 aliphatic carbocycles. The Morgan fingerprint density at radius 2 is 0.812 bits per heavy atom. The first-order valence-electron chi connectivity index (χ1n) is 20.9. The van der Waals surface area contributed by atoms with Crippen LogP contribution in [0, 0.1) is 0 Å². The normalized spacial score (nSPS) is 12.3. The highest BCUT2D eigenvalue weighted by Crippen LogP contribution is 2.20. The number of carbonyl (C=O) groups is 2. The number of quaternary nitrogens is 1. The summed E-state index contributed by atoms with van der Waals surface area (Å²) in [4.78, 5) is 29.5. The van der Waals surface area contributed by atoms with E-state index in [9.17, 15) is 14.7 Å². The van der Waals surface area contributed by atoms with Crippen molar-refractivity contribution in [3.63, 3.8) is 0 Å². The minimum Gasteiger partial charge on any atom is -0.390 e. The standard InChI is InChI=1S/C43H83N2O3/c1-5-7-9-11-13-15-17-19-21-23-25-27-29-31-33-36-42(47)45(40-41-46,39-35-38-44(3)4)43(48)37-34-32-30-28-26-24-22-20-18-16-14-12-10-8-6-2/h19-22,46H,5-18,23-41H2,1-4H3/q+1/b21-19-,22-20-. The van der Waals surface area contributed by atoms with Gasteiger partial charge in [0.05, 0.1) is 26.0 Å². The first-order chi connectivity index (χ1) is 23.4. The zero-order valence-electron chi connectivity index (χ0n) is 32.8. The Morgan fingerprint density at radius 1 is 0.479 bits per heavy atom. The second-order valence-electron chi connectivity index (χ2n) is 14.8. The Balaban J connectivity index is 4.41. The van der Waals surface area contributed by atoms with Crippen molar-refractivity contribution >= 4 is 11.8 Å². The number of imide groups is 1. The number of unbranched alkanes of at least 4 members (excludes halogenated alkanes) is 22. The molecule has 48 heavy (non-hydrogen) atoms. The van der Waals surface area contributed by atoms with E-state index < -0.39 is 0 Å². The maximum absolute atomic E-state index is 13.7. The molecule has 0 atom stereocenters. The second-order valence-corrected chi connectivity index (χ2v) is 14.8. The van der Waals surface area contributed by atoms with Crippen molar-refractivity contribution in [2.75, 3.05) is 40.3 Å². The number of aliphatic hydroxyl groups is 1. The molecule has 1 N–H and O–H groups in total. The van der Waals surface area contributed by atoms with Crippen LogP contribution < -0.4 is 0 Å². The number of rotatable bonds is 36. The van der Waals surface area contributed by atoms with Crippen molar-refractivity contribution in [1.29, 1.82) is 0 Å². The Morgan fingerprint density at radius 3 is 1.15 bits per heavy atom. The fourth-order valence-corrected chi connectivity index (χ4v) is 6.70. The van der Waals surface area contributed by atoms with Gasteiger partial charge in [-0.25, -0.2) is 9.59 Å². The fourth-order valence-electron chi connectivity index (χ4n) is 6.70. The van der Waals surface area contributed by atoms with E-state index in [4.69, 9.17) is 0 Å². The third-order valence-corrected chi connectivity index (χ3v) is 9.89. The Bertz CT molecular complexity index is 724. The fraction of sp³-hybridized carbons (Fsp3) is 0.860. The summed E-state index contributed by atoms with van der Waals surface area (Å²) in [5.41, 5.74) is 0. The van der Waals surface area contributed by atoms with Gasteiger partial charge in [0, 0.05) is 13.0 Å². The molecule has 5 nitrogen and oxygen atoms in total. The number of hydrogen-bond donors (Lipinski definition) is 1. The smallest absolute Gasteiger partial charge is 0.321 e. The predicted molar refractivity (Wildman–Crippen MR) is 209 cm³/mol. The molecule has 0 bridgehead atoms. The molecular weight excluding hydrogens is 592 g/mol. The van der Waals surface area contributed by atoms with Gasteiger partial charge in [0.15, 0.2) is 0 Å². The molecular formula is C43H83N2O3+. The van der Waals surface area contributed by atoms with Crippen LogP contribution in [-0.2, 0) is 9.59 Å². The molecule has 0 aliphatic heterocycles. The number of carbonyl (C=O) groups excluding carboxylic acids is 2. The lowest BCUT2D eigenvalue weighted by Gasteiger charge is -2.33. The summed E-state index contributed by atoms with van der Waals surface area (Å²) in [5.74, 6) is 0.0522. The summed E-state index contributed by atoms with van der Waals surface area (Å²) < 4.78 is -0.156. The number of hydrogen-bond acceptors (Lipinski definition) is 4. The molecule has 0 heterocycles. The van der Waals surface area contributed by atoms with E-state index in [0.717, 1.165) is 64.3 Å². The quantitative estimate of drug-likeness (QED) is 0.0408. The van der Waals surface area contributed by atoms with Crippen LogP contribution in [0.15, 0.2) is 24.3 Å². The van der Waals surface area contributed by atoms with Crippen LogP contribution in [0.1, 0.15) is 200 Å². The van der Waals surface area contributed by atoms with E-state index in [1.807, 2.05) is 14.1 Å². The maximum Gasteiger partial charge on any atom is 0.321 e. The van der Waals surface area contributed by atoms with Crippen molar-refractivity contribution in [2.45, 2.75) is 200 Å². The molecule has 0 radical (unpaired) electrons. The summed E-state index contributed by atoms with van der Waals surface area (Å²) in [6.45, 7) is 5.98. The predicted octanol–water partition coefficient (Wildman–Crippen LogP) is 11.9. The van der Waals surface area contributed by atoms with Gasteiger partial charge in [-0.2, -0.15) is 4.48 Å². The third kappa shape index (κ3) is 27.5. The SMILES string of the molecule is CCCCCCCC/C=C\CCCCCCCC(=O)[N+](CCO)(CCCN(C)C)C(=O)CCCCCCC/C=C\CCCCCCCC. The zero-order chi connectivity index (χ0) is 35.4. The molecule has 0 aliphatic rings. The summed E-state index contributed by atoms with van der Waals surface area (Å²) in [6.07, 6.45) is 43.0. The molecule has 0 saturated heterocycles. The van der Waals surface area contributed by atoms with Gasteiger partial charge < -0.3 is 10.0 Å². The van der Waals surface area contributed by atoms with Crippen molar-refractivity contribution in [1.82, 2.24) is 4.90 Å². The van der Waals surface area contributed by atoms with E-state index in [0.29, 0.717) is 19.4 Å².